The summed E-state index contributed by atoms with van der Waals surface area (Å²) in [5.41, 5.74) is 1.59. The molecule has 0 aromatic heterocycles. The molecule has 43 heavy (non-hydrogen) atoms. The van der Waals surface area contributed by atoms with Crippen molar-refractivity contribution in [2.45, 2.75) is 43.8 Å². The van der Waals surface area contributed by atoms with Gasteiger partial charge in [-0.2, -0.15) is 0 Å². The van der Waals surface area contributed by atoms with Gasteiger partial charge < -0.3 is 10.2 Å². The number of nitrogens with zero attached hydrogens (tertiary/aromatic N) is 2. The average molecular weight is 622 g/mol. The lowest BCUT2D eigenvalue weighted by Gasteiger charge is -2.34. The summed E-state index contributed by atoms with van der Waals surface area (Å²) in [5.74, 6) is -1.56. The van der Waals surface area contributed by atoms with Gasteiger partial charge in [0.2, 0.25) is 11.8 Å². The highest BCUT2D eigenvalue weighted by Crippen LogP contribution is 2.25. The normalized spacial score (nSPS) is 12.0. The van der Waals surface area contributed by atoms with E-state index in [1.807, 2.05) is 44.2 Å². The minimum atomic E-state index is -4.26. The van der Waals surface area contributed by atoms with Crippen LogP contribution in [0.5, 0.6) is 0 Å². The van der Waals surface area contributed by atoms with Gasteiger partial charge in [0.05, 0.1) is 10.6 Å². The molecule has 1 N–H and O–H groups in total. The lowest BCUT2D eigenvalue weighted by atomic mass is 10.0. The van der Waals surface area contributed by atoms with Crippen molar-refractivity contribution in [1.29, 1.82) is 0 Å². The number of nitrogens with one attached hydrogen (secondary N) is 1. The molecule has 4 rings (SSSR count). The maximum absolute atomic E-state index is 14.3. The van der Waals surface area contributed by atoms with E-state index in [0.717, 1.165) is 22.0 Å². The molecule has 2 amide bonds. The molecule has 0 fully saturated rings. The molecule has 0 aliphatic rings. The average Bonchev–Trinajstić information content (AvgIpc) is 2.98. The zero-order valence-corrected chi connectivity index (χ0v) is 25.4. The number of amides is 2. The van der Waals surface area contributed by atoms with Gasteiger partial charge in [-0.3, -0.25) is 13.9 Å². The molecule has 4 aromatic rings. The molecule has 0 spiro atoms. The highest BCUT2D eigenvalue weighted by molar-refractivity contribution is 7.92. The van der Waals surface area contributed by atoms with E-state index in [1.54, 1.807) is 42.5 Å². The summed E-state index contributed by atoms with van der Waals surface area (Å²) in [4.78, 5) is 29.3. The second kappa shape index (κ2) is 14.3. The number of carbonyl (C=O) groups is 2. The van der Waals surface area contributed by atoms with Gasteiger partial charge in [0.1, 0.15) is 18.4 Å². The van der Waals surface area contributed by atoms with Gasteiger partial charge in [0, 0.05) is 24.0 Å². The summed E-state index contributed by atoms with van der Waals surface area (Å²) < 4.78 is 42.5. The zero-order chi connectivity index (χ0) is 31.0. The number of anilines is 1. The standard InChI is InChI=1S/C33H33ClFN3O4S/c1-24(2)36-33(40)31(21-25-10-5-3-6-11-25)37(22-26-12-9-13-27(34)20-26)32(39)23-38(29-18-16-28(35)17-19-29)43(41,42)30-14-7-4-8-15-30/h3-20,24,31H,21-23H2,1-2H3,(H,36,40)/t31-/m1/s1. The van der Waals surface area contributed by atoms with E-state index in [0.29, 0.717) is 10.6 Å². The van der Waals surface area contributed by atoms with Crippen LogP contribution in [0.4, 0.5) is 10.1 Å². The Morgan fingerprint density at radius 1 is 0.837 bits per heavy atom. The van der Waals surface area contributed by atoms with Crippen molar-refractivity contribution in [2.24, 2.45) is 0 Å². The fourth-order valence-corrected chi connectivity index (χ4v) is 6.27. The van der Waals surface area contributed by atoms with Crippen molar-refractivity contribution in [1.82, 2.24) is 10.2 Å². The molecular weight excluding hydrogens is 589 g/mol. The first-order chi connectivity index (χ1) is 20.5. The molecule has 0 aliphatic carbocycles. The maximum Gasteiger partial charge on any atom is 0.264 e. The Bertz CT molecular complexity index is 1640. The van der Waals surface area contributed by atoms with Crippen LogP contribution in [-0.2, 0) is 32.6 Å². The van der Waals surface area contributed by atoms with Crippen LogP contribution in [0.2, 0.25) is 5.02 Å². The predicted octanol–water partition coefficient (Wildman–Crippen LogP) is 5.84. The molecule has 0 bridgehead atoms. The van der Waals surface area contributed by atoms with Gasteiger partial charge in [0.25, 0.3) is 10.0 Å². The number of hydrogen-bond donors (Lipinski definition) is 1. The molecule has 0 aliphatic heterocycles. The van der Waals surface area contributed by atoms with Gasteiger partial charge in [-0.15, -0.1) is 0 Å². The zero-order valence-electron chi connectivity index (χ0n) is 23.9. The minimum Gasteiger partial charge on any atom is -0.352 e. The van der Waals surface area contributed by atoms with Crippen LogP contribution >= 0.6 is 11.6 Å². The molecule has 0 saturated heterocycles. The topological polar surface area (TPSA) is 86.8 Å². The third-order valence-corrected chi connectivity index (χ3v) is 8.69. The quantitative estimate of drug-likeness (QED) is 0.215. The summed E-state index contributed by atoms with van der Waals surface area (Å²) in [7, 11) is -4.26. The van der Waals surface area contributed by atoms with Gasteiger partial charge in [-0.05, 0) is 73.5 Å². The van der Waals surface area contributed by atoms with Crippen LogP contribution in [-0.4, -0.2) is 43.8 Å². The Balaban J connectivity index is 1.79. The lowest BCUT2D eigenvalue weighted by molar-refractivity contribution is -0.140. The van der Waals surface area contributed by atoms with E-state index in [1.165, 1.54) is 29.2 Å². The number of benzene rings is 4. The van der Waals surface area contributed by atoms with Crippen molar-refractivity contribution < 1.29 is 22.4 Å². The number of halogens is 2. The van der Waals surface area contributed by atoms with Crippen LogP contribution < -0.4 is 9.62 Å². The van der Waals surface area contributed by atoms with Gasteiger partial charge in [-0.25, -0.2) is 12.8 Å². The van der Waals surface area contributed by atoms with Crippen molar-refractivity contribution in [3.63, 3.8) is 0 Å². The molecular formula is C33H33ClFN3O4S. The van der Waals surface area contributed by atoms with E-state index in [4.69, 9.17) is 11.6 Å². The highest BCUT2D eigenvalue weighted by atomic mass is 35.5. The van der Waals surface area contributed by atoms with Gasteiger partial charge in [-0.1, -0.05) is 72.3 Å². The number of sulfonamides is 1. The van der Waals surface area contributed by atoms with Crippen LogP contribution in [0.15, 0.2) is 114 Å². The number of carbonyl (C=O) groups excluding carboxylic acids is 2. The largest absolute Gasteiger partial charge is 0.352 e. The minimum absolute atomic E-state index is 0.00888. The number of rotatable bonds is 12. The Hall–Kier alpha value is -4.21. The third-order valence-electron chi connectivity index (χ3n) is 6.67. The Morgan fingerprint density at radius 3 is 2.05 bits per heavy atom. The first-order valence-corrected chi connectivity index (χ1v) is 15.6. The van der Waals surface area contributed by atoms with E-state index in [2.05, 4.69) is 5.32 Å². The first-order valence-electron chi connectivity index (χ1n) is 13.8. The summed E-state index contributed by atoms with van der Waals surface area (Å²) >= 11 is 6.25. The summed E-state index contributed by atoms with van der Waals surface area (Å²) in [6.45, 7) is 3.00. The number of hydrogen-bond acceptors (Lipinski definition) is 4. The smallest absolute Gasteiger partial charge is 0.264 e. The molecule has 224 valence electrons. The second-order valence-corrected chi connectivity index (χ2v) is 12.6. The molecule has 0 heterocycles. The lowest BCUT2D eigenvalue weighted by Crippen LogP contribution is -2.54. The Morgan fingerprint density at radius 2 is 1.44 bits per heavy atom. The van der Waals surface area contributed by atoms with Gasteiger partial charge in [0.15, 0.2) is 0 Å². The Labute approximate surface area is 257 Å². The van der Waals surface area contributed by atoms with Crippen molar-refractivity contribution in [2.75, 3.05) is 10.8 Å². The maximum atomic E-state index is 14.3. The summed E-state index contributed by atoms with van der Waals surface area (Å²) in [5, 5.41) is 3.36. The van der Waals surface area contributed by atoms with Crippen molar-refractivity contribution >= 4 is 39.1 Å². The van der Waals surface area contributed by atoms with Crippen molar-refractivity contribution in [3.05, 3.63) is 131 Å². The predicted molar refractivity (Wildman–Crippen MR) is 167 cm³/mol. The van der Waals surface area contributed by atoms with Crippen LogP contribution in [0.25, 0.3) is 0 Å². The van der Waals surface area contributed by atoms with Gasteiger partial charge >= 0.3 is 0 Å². The highest BCUT2D eigenvalue weighted by Gasteiger charge is 2.34. The molecule has 1 atom stereocenters. The van der Waals surface area contributed by atoms with Crippen LogP contribution in [0, 0.1) is 5.82 Å². The van der Waals surface area contributed by atoms with E-state index >= 15 is 0 Å². The molecule has 4 aromatic carbocycles. The van der Waals surface area contributed by atoms with Crippen LogP contribution in [0.1, 0.15) is 25.0 Å². The van der Waals surface area contributed by atoms with Crippen LogP contribution in [0.3, 0.4) is 0 Å². The monoisotopic (exact) mass is 621 g/mol. The first kappa shape index (κ1) is 31.7. The Kier molecular flexibility index (Phi) is 10.6. The van der Waals surface area contributed by atoms with Crippen molar-refractivity contribution in [3.8, 4) is 0 Å². The summed E-state index contributed by atoms with van der Waals surface area (Å²) in [6, 6.07) is 27.6. The van der Waals surface area contributed by atoms with E-state index < -0.39 is 34.3 Å². The molecule has 10 heteroatoms. The molecule has 7 nitrogen and oxygen atoms in total. The van der Waals surface area contributed by atoms with E-state index in [9.17, 15) is 22.4 Å². The molecule has 0 radical (unpaired) electrons. The molecule has 0 saturated carbocycles. The summed E-state index contributed by atoms with van der Waals surface area (Å²) in [6.07, 6.45) is 0.188. The fraction of sp³-hybridized carbons (Fsp3) is 0.212. The SMILES string of the molecule is CC(C)NC(=O)[C@@H](Cc1ccccc1)N(Cc1cccc(Cl)c1)C(=O)CN(c1ccc(F)cc1)S(=O)(=O)c1ccccc1. The fourth-order valence-electron chi connectivity index (χ4n) is 4.62. The molecule has 0 unspecified atom stereocenters. The second-order valence-electron chi connectivity index (χ2n) is 10.3. The van der Waals surface area contributed by atoms with E-state index in [-0.39, 0.29) is 35.5 Å². The third kappa shape index (κ3) is 8.43.